The highest BCUT2D eigenvalue weighted by molar-refractivity contribution is 5.98. The fourth-order valence-corrected chi connectivity index (χ4v) is 3.36. The second-order valence-corrected chi connectivity index (χ2v) is 6.96. The van der Waals surface area contributed by atoms with Gasteiger partial charge in [0, 0.05) is 11.6 Å². The number of hydrogen-bond acceptors (Lipinski definition) is 5. The normalized spacial score (nSPS) is 21.1. The van der Waals surface area contributed by atoms with E-state index in [2.05, 4.69) is 17.6 Å². The molecule has 0 radical (unpaired) electrons. The summed E-state index contributed by atoms with van der Waals surface area (Å²) in [6, 6.07) is 6.84. The Hall–Kier alpha value is -2.83. The van der Waals surface area contributed by atoms with Gasteiger partial charge in [-0.05, 0) is 30.9 Å². The number of imide groups is 1. The number of carbonyl (C=O) groups excluding carboxylic acids is 3. The maximum atomic E-state index is 12.1. The summed E-state index contributed by atoms with van der Waals surface area (Å²) in [4.78, 5) is 35.9. The first kappa shape index (κ1) is 18.9. The van der Waals surface area contributed by atoms with Gasteiger partial charge in [-0.3, -0.25) is 10.1 Å². The molecule has 7 nitrogen and oxygen atoms in total. The summed E-state index contributed by atoms with van der Waals surface area (Å²) in [7, 11) is 0. The molecular weight excluding hydrogens is 348 g/mol. The number of esters is 1. The van der Waals surface area contributed by atoms with Crippen LogP contribution in [0.25, 0.3) is 6.08 Å². The maximum Gasteiger partial charge on any atom is 0.338 e. The topological polar surface area (TPSA) is 93.7 Å². The largest absolute Gasteiger partial charge is 0.488 e. The molecule has 1 aromatic carbocycles. The molecule has 2 N–H and O–H groups in total. The van der Waals surface area contributed by atoms with E-state index in [0.717, 1.165) is 24.8 Å². The van der Waals surface area contributed by atoms with Gasteiger partial charge in [0.15, 0.2) is 6.61 Å². The Balaban J connectivity index is 1.44. The van der Waals surface area contributed by atoms with Crippen molar-refractivity contribution in [1.29, 1.82) is 0 Å². The lowest BCUT2D eigenvalue weighted by atomic mass is 9.86. The zero-order valence-electron chi connectivity index (χ0n) is 15.3. The van der Waals surface area contributed by atoms with Crippen molar-refractivity contribution >= 4 is 24.0 Å². The highest BCUT2D eigenvalue weighted by Gasteiger charge is 2.24. The van der Waals surface area contributed by atoms with Crippen molar-refractivity contribution in [2.24, 2.45) is 5.92 Å². The molecular formula is C20H24N2O5. The molecule has 2 aliphatic rings. The molecule has 0 aromatic heterocycles. The fourth-order valence-electron chi connectivity index (χ4n) is 3.36. The van der Waals surface area contributed by atoms with Crippen molar-refractivity contribution in [3.8, 4) is 5.75 Å². The zero-order valence-corrected chi connectivity index (χ0v) is 15.3. The van der Waals surface area contributed by atoms with Crippen LogP contribution in [0.5, 0.6) is 5.75 Å². The maximum absolute atomic E-state index is 12.1. The molecule has 1 aliphatic carbocycles. The molecule has 1 fully saturated rings. The third kappa shape index (κ3) is 5.09. The zero-order chi connectivity index (χ0) is 19.2. The van der Waals surface area contributed by atoms with Gasteiger partial charge in [0.1, 0.15) is 12.4 Å². The van der Waals surface area contributed by atoms with Gasteiger partial charge in [-0.15, -0.1) is 0 Å². The van der Waals surface area contributed by atoms with E-state index in [4.69, 9.17) is 9.47 Å². The van der Waals surface area contributed by atoms with Crippen molar-refractivity contribution in [2.75, 3.05) is 13.2 Å². The van der Waals surface area contributed by atoms with Crippen LogP contribution in [0.1, 0.15) is 38.2 Å². The second kappa shape index (κ2) is 8.70. The fraction of sp³-hybridized carbons (Fsp3) is 0.450. The molecule has 3 amide bonds. The minimum Gasteiger partial charge on any atom is -0.488 e. The van der Waals surface area contributed by atoms with E-state index >= 15 is 0 Å². The van der Waals surface area contributed by atoms with E-state index in [9.17, 15) is 14.4 Å². The highest BCUT2D eigenvalue weighted by atomic mass is 16.5. The summed E-state index contributed by atoms with van der Waals surface area (Å²) in [5.74, 6) is -0.220. The Labute approximate surface area is 158 Å². The molecule has 144 valence electrons. The van der Waals surface area contributed by atoms with E-state index in [0.29, 0.717) is 17.2 Å². The molecule has 0 spiro atoms. The third-order valence-electron chi connectivity index (χ3n) is 4.91. The molecule has 3 rings (SSSR count). The first-order valence-corrected chi connectivity index (χ1v) is 9.23. The summed E-state index contributed by atoms with van der Waals surface area (Å²) in [5.41, 5.74) is 1.10. The Morgan fingerprint density at radius 2 is 1.96 bits per heavy atom. The molecule has 0 bridgehead atoms. The number of nitrogens with one attached hydrogen (secondary N) is 2. The summed E-state index contributed by atoms with van der Waals surface area (Å²) in [6.07, 6.45) is 5.89. The van der Waals surface area contributed by atoms with Gasteiger partial charge in [-0.25, -0.2) is 9.59 Å². The Morgan fingerprint density at radius 3 is 2.78 bits per heavy atom. The summed E-state index contributed by atoms with van der Waals surface area (Å²) >= 11 is 0. The van der Waals surface area contributed by atoms with Gasteiger partial charge in [0.05, 0.1) is 5.57 Å². The Morgan fingerprint density at radius 1 is 1.19 bits per heavy atom. The average Bonchev–Trinajstić information content (AvgIpc) is 2.67. The van der Waals surface area contributed by atoms with Gasteiger partial charge in [0.2, 0.25) is 0 Å². The van der Waals surface area contributed by atoms with E-state index in [1.165, 1.54) is 6.42 Å². The van der Waals surface area contributed by atoms with E-state index in [1.54, 1.807) is 6.08 Å². The van der Waals surface area contributed by atoms with E-state index in [1.807, 2.05) is 24.3 Å². The van der Waals surface area contributed by atoms with Crippen LogP contribution < -0.4 is 15.4 Å². The lowest BCUT2D eigenvalue weighted by Gasteiger charge is -2.29. The predicted octanol–water partition coefficient (Wildman–Crippen LogP) is 2.41. The second-order valence-electron chi connectivity index (χ2n) is 6.96. The molecule has 1 aliphatic heterocycles. The molecule has 1 heterocycles. The number of ether oxygens (including phenoxy) is 2. The Kier molecular flexibility index (Phi) is 6.11. The molecule has 1 aromatic rings. The van der Waals surface area contributed by atoms with Crippen LogP contribution >= 0.6 is 0 Å². The number of rotatable bonds is 4. The van der Waals surface area contributed by atoms with Crippen LogP contribution in [0.2, 0.25) is 0 Å². The van der Waals surface area contributed by atoms with Crippen molar-refractivity contribution < 1.29 is 23.9 Å². The van der Waals surface area contributed by atoms with Crippen LogP contribution in [0.3, 0.4) is 0 Å². The first-order valence-electron chi connectivity index (χ1n) is 9.23. The van der Waals surface area contributed by atoms with Crippen molar-refractivity contribution in [3.05, 3.63) is 35.4 Å². The molecule has 2 unspecified atom stereocenters. The Bertz CT molecular complexity index is 758. The lowest BCUT2D eigenvalue weighted by Crippen LogP contribution is -2.48. The average molecular weight is 372 g/mol. The van der Waals surface area contributed by atoms with Crippen molar-refractivity contribution in [2.45, 2.75) is 38.6 Å². The summed E-state index contributed by atoms with van der Waals surface area (Å²) in [6.45, 7) is 1.65. The van der Waals surface area contributed by atoms with E-state index < -0.39 is 24.5 Å². The molecule has 0 saturated heterocycles. The predicted molar refractivity (Wildman–Crippen MR) is 99.0 cm³/mol. The standard InChI is InChI=1S/C20H24N2O5/c1-13-6-2-4-8-16(13)21-20(25)22-18(23)12-27-19(24)15-10-14-7-3-5-9-17(14)26-11-15/h3,5,7,9-10,13,16H,2,4,6,8,11-12H2,1H3,(H2,21,22,23,25). The van der Waals surface area contributed by atoms with Crippen LogP contribution in [-0.4, -0.2) is 37.2 Å². The molecule has 27 heavy (non-hydrogen) atoms. The van der Waals surface area contributed by atoms with Gasteiger partial charge in [-0.2, -0.15) is 0 Å². The van der Waals surface area contributed by atoms with Crippen LogP contribution in [0.15, 0.2) is 29.8 Å². The van der Waals surface area contributed by atoms with Crippen LogP contribution in [0.4, 0.5) is 4.79 Å². The summed E-state index contributed by atoms with van der Waals surface area (Å²) < 4.78 is 10.5. The van der Waals surface area contributed by atoms with Crippen LogP contribution in [-0.2, 0) is 14.3 Å². The highest BCUT2D eigenvalue weighted by Crippen LogP contribution is 2.26. The monoisotopic (exact) mass is 372 g/mol. The molecule has 2 atom stereocenters. The SMILES string of the molecule is CC1CCCCC1NC(=O)NC(=O)COC(=O)C1=Cc2ccccc2OC1. The van der Waals surface area contributed by atoms with Crippen LogP contribution in [0, 0.1) is 5.92 Å². The lowest BCUT2D eigenvalue weighted by molar-refractivity contribution is -0.144. The van der Waals surface area contributed by atoms with Crippen molar-refractivity contribution in [1.82, 2.24) is 10.6 Å². The number of para-hydroxylation sites is 1. The van der Waals surface area contributed by atoms with Gasteiger partial charge in [-0.1, -0.05) is 38.0 Å². The minimum atomic E-state index is -0.665. The number of benzene rings is 1. The number of fused-ring (bicyclic) bond motifs is 1. The van der Waals surface area contributed by atoms with Crippen molar-refractivity contribution in [3.63, 3.8) is 0 Å². The minimum absolute atomic E-state index is 0.0683. The van der Waals surface area contributed by atoms with Gasteiger partial charge >= 0.3 is 12.0 Å². The number of carbonyl (C=O) groups is 3. The quantitative estimate of drug-likeness (QED) is 0.792. The summed E-state index contributed by atoms with van der Waals surface area (Å²) in [5, 5.41) is 5.02. The van der Waals surface area contributed by atoms with E-state index in [-0.39, 0.29) is 12.6 Å². The number of hydrogen-bond donors (Lipinski definition) is 2. The number of urea groups is 1. The van der Waals surface area contributed by atoms with Gasteiger partial charge in [0.25, 0.3) is 5.91 Å². The number of amides is 3. The smallest absolute Gasteiger partial charge is 0.338 e. The first-order chi connectivity index (χ1) is 13.0. The molecule has 1 saturated carbocycles. The molecule has 7 heteroatoms. The van der Waals surface area contributed by atoms with Gasteiger partial charge < -0.3 is 14.8 Å². The third-order valence-corrected chi connectivity index (χ3v) is 4.91.